The maximum Gasteiger partial charge on any atom is 0.328 e. The molecule has 0 aromatic heterocycles. The molecule has 25 heavy (non-hydrogen) atoms. The highest BCUT2D eigenvalue weighted by molar-refractivity contribution is 5.90. The van der Waals surface area contributed by atoms with Crippen LogP contribution in [0.4, 0.5) is 0 Å². The molecule has 0 atom stereocenters. The van der Waals surface area contributed by atoms with Gasteiger partial charge in [0.25, 0.3) is 0 Å². The largest absolute Gasteiger partial charge is 0.478 e. The van der Waals surface area contributed by atoms with Gasteiger partial charge in [-0.15, -0.1) is 0 Å². The lowest BCUT2D eigenvalue weighted by Gasteiger charge is -1.74. The standard InChI is InChI=1S/3C4H4O4.H4Si/c3*5-3(6)1-2-4(7)8;/h3*1-2H,(H,5,6)(H,7,8);1H4/b3*2-1+;. The first-order valence-electron chi connectivity index (χ1n) is 5.30. The predicted molar refractivity (Wildman–Crippen MR) is 84.6 cm³/mol. The molecular formula is C12H16O12Si. The number of hydrogen-bond donors (Lipinski definition) is 6. The minimum absolute atomic E-state index is 0. The number of carboxylic acid groups (broad SMARTS) is 6. The second-order valence-corrected chi connectivity index (χ2v) is 3.03. The van der Waals surface area contributed by atoms with E-state index in [0.29, 0.717) is 36.5 Å². The Hall–Kier alpha value is -3.74. The van der Waals surface area contributed by atoms with Crippen LogP contribution in [-0.2, 0) is 28.8 Å². The predicted octanol–water partition coefficient (Wildman–Crippen LogP) is -2.32. The molecule has 0 aliphatic carbocycles. The molecule has 12 nitrogen and oxygen atoms in total. The summed E-state index contributed by atoms with van der Waals surface area (Å²) in [5, 5.41) is 46.9. The molecule has 13 heteroatoms. The summed E-state index contributed by atoms with van der Waals surface area (Å²) >= 11 is 0. The smallest absolute Gasteiger partial charge is 0.328 e. The van der Waals surface area contributed by atoms with Crippen LogP contribution in [0.3, 0.4) is 0 Å². The lowest BCUT2D eigenvalue weighted by molar-refractivity contribution is -0.134. The Morgan fingerprint density at radius 1 is 0.360 bits per heavy atom. The Kier molecular flexibility index (Phi) is 21.4. The topological polar surface area (TPSA) is 224 Å². The van der Waals surface area contributed by atoms with Crippen molar-refractivity contribution < 1.29 is 59.4 Å². The lowest BCUT2D eigenvalue weighted by Crippen LogP contribution is -1.91. The van der Waals surface area contributed by atoms with Gasteiger partial charge in [0.2, 0.25) is 0 Å². The minimum atomic E-state index is -1.26. The van der Waals surface area contributed by atoms with E-state index >= 15 is 0 Å². The van der Waals surface area contributed by atoms with E-state index in [2.05, 4.69) is 0 Å². The number of hydrogen-bond acceptors (Lipinski definition) is 6. The number of aliphatic carboxylic acids is 6. The first-order chi connectivity index (χ1) is 10.9. The molecule has 140 valence electrons. The molecule has 0 fully saturated rings. The maximum absolute atomic E-state index is 9.55. The van der Waals surface area contributed by atoms with Crippen LogP contribution >= 0.6 is 0 Å². The summed E-state index contributed by atoms with van der Waals surface area (Å²) < 4.78 is 0. The highest BCUT2D eigenvalue weighted by Gasteiger charge is 1.89. The Labute approximate surface area is 143 Å². The third kappa shape index (κ3) is 53.3. The second kappa shape index (κ2) is 18.3. The normalized spacial score (nSPS) is 9.12. The van der Waals surface area contributed by atoms with Gasteiger partial charge < -0.3 is 30.6 Å². The molecule has 0 heterocycles. The van der Waals surface area contributed by atoms with Gasteiger partial charge in [0.05, 0.1) is 0 Å². The highest BCUT2D eigenvalue weighted by Crippen LogP contribution is 1.71. The third-order valence-corrected chi connectivity index (χ3v) is 1.11. The maximum atomic E-state index is 9.55. The van der Waals surface area contributed by atoms with Crippen molar-refractivity contribution in [3.8, 4) is 0 Å². The minimum Gasteiger partial charge on any atom is -0.478 e. The van der Waals surface area contributed by atoms with Gasteiger partial charge in [0.15, 0.2) is 0 Å². The molecule has 0 aromatic rings. The molecule has 0 bridgehead atoms. The first kappa shape index (κ1) is 29.3. The van der Waals surface area contributed by atoms with Gasteiger partial charge in [-0.25, -0.2) is 28.8 Å². The Bertz CT molecular complexity index is 444. The SMILES string of the molecule is O=C(O)/C=C/C(=O)O.O=C(O)/C=C/C(=O)O.O=C(O)/C=C/C(=O)O.[SiH4]. The zero-order chi connectivity index (χ0) is 19.7. The van der Waals surface area contributed by atoms with Crippen molar-refractivity contribution >= 4 is 46.8 Å². The van der Waals surface area contributed by atoms with Crippen LogP contribution in [0, 0.1) is 0 Å². The molecular weight excluding hydrogens is 364 g/mol. The molecule has 0 saturated heterocycles. The van der Waals surface area contributed by atoms with E-state index in [-0.39, 0.29) is 11.0 Å². The van der Waals surface area contributed by atoms with Gasteiger partial charge in [-0.1, -0.05) is 0 Å². The van der Waals surface area contributed by atoms with E-state index in [9.17, 15) is 28.8 Å². The molecule has 0 spiro atoms. The Balaban J connectivity index is -0.000000130. The fourth-order valence-electron chi connectivity index (χ4n) is 0.428. The van der Waals surface area contributed by atoms with Crippen molar-refractivity contribution in [1.29, 1.82) is 0 Å². The third-order valence-electron chi connectivity index (χ3n) is 1.11. The zero-order valence-electron chi connectivity index (χ0n) is 11.6. The van der Waals surface area contributed by atoms with E-state index in [1.54, 1.807) is 0 Å². The van der Waals surface area contributed by atoms with Crippen molar-refractivity contribution in [1.82, 2.24) is 0 Å². The van der Waals surface area contributed by atoms with Gasteiger partial charge >= 0.3 is 35.8 Å². The summed E-state index contributed by atoms with van der Waals surface area (Å²) in [6, 6.07) is 0. The van der Waals surface area contributed by atoms with Gasteiger partial charge in [-0.3, -0.25) is 0 Å². The van der Waals surface area contributed by atoms with Crippen LogP contribution in [-0.4, -0.2) is 77.4 Å². The molecule has 0 aliphatic rings. The summed E-state index contributed by atoms with van der Waals surface area (Å²) in [6.07, 6.45) is 3.35. The van der Waals surface area contributed by atoms with Gasteiger partial charge in [0, 0.05) is 36.5 Å². The fraction of sp³-hybridized carbons (Fsp3) is 0. The first-order valence-corrected chi connectivity index (χ1v) is 5.30. The van der Waals surface area contributed by atoms with Crippen molar-refractivity contribution in [2.45, 2.75) is 0 Å². The van der Waals surface area contributed by atoms with Gasteiger partial charge in [-0.05, 0) is 11.0 Å². The molecule has 0 saturated carbocycles. The van der Waals surface area contributed by atoms with E-state index in [1.165, 1.54) is 0 Å². The molecule has 0 amide bonds. The Morgan fingerprint density at radius 3 is 0.480 bits per heavy atom. The monoisotopic (exact) mass is 380 g/mol. The Morgan fingerprint density at radius 2 is 0.440 bits per heavy atom. The van der Waals surface area contributed by atoms with Crippen LogP contribution in [0.1, 0.15) is 0 Å². The molecule has 0 unspecified atom stereocenters. The van der Waals surface area contributed by atoms with E-state index in [4.69, 9.17) is 30.6 Å². The zero-order valence-corrected chi connectivity index (χ0v) is 11.6. The van der Waals surface area contributed by atoms with Crippen LogP contribution < -0.4 is 0 Å². The van der Waals surface area contributed by atoms with Gasteiger partial charge in [-0.2, -0.15) is 0 Å². The van der Waals surface area contributed by atoms with Crippen molar-refractivity contribution in [2.24, 2.45) is 0 Å². The van der Waals surface area contributed by atoms with Crippen LogP contribution in [0.15, 0.2) is 36.5 Å². The number of rotatable bonds is 6. The summed E-state index contributed by atoms with van der Waals surface area (Å²) in [5.74, 6) is -7.54. The van der Waals surface area contributed by atoms with Crippen molar-refractivity contribution in [2.75, 3.05) is 0 Å². The van der Waals surface area contributed by atoms with Crippen LogP contribution in [0.25, 0.3) is 0 Å². The molecule has 0 radical (unpaired) electrons. The molecule has 0 rings (SSSR count). The fourth-order valence-corrected chi connectivity index (χ4v) is 0.428. The van der Waals surface area contributed by atoms with Crippen LogP contribution in [0.5, 0.6) is 0 Å². The average Bonchev–Trinajstić information content (AvgIpc) is 2.42. The highest BCUT2D eigenvalue weighted by atomic mass is 28.1. The second-order valence-electron chi connectivity index (χ2n) is 3.03. The van der Waals surface area contributed by atoms with Crippen molar-refractivity contribution in [3.63, 3.8) is 0 Å². The average molecular weight is 380 g/mol. The van der Waals surface area contributed by atoms with E-state index < -0.39 is 35.8 Å². The summed E-state index contributed by atoms with van der Waals surface area (Å²) in [5.41, 5.74) is 0. The summed E-state index contributed by atoms with van der Waals surface area (Å²) in [6.45, 7) is 0. The summed E-state index contributed by atoms with van der Waals surface area (Å²) in [7, 11) is 0. The quantitative estimate of drug-likeness (QED) is 0.211. The van der Waals surface area contributed by atoms with Gasteiger partial charge in [0.1, 0.15) is 0 Å². The van der Waals surface area contributed by atoms with E-state index in [0.717, 1.165) is 0 Å². The van der Waals surface area contributed by atoms with Crippen LogP contribution in [0.2, 0.25) is 0 Å². The molecule has 6 N–H and O–H groups in total. The lowest BCUT2D eigenvalue weighted by atomic mass is 10.5. The molecule has 0 aromatic carbocycles. The molecule has 0 aliphatic heterocycles. The number of carbonyl (C=O) groups is 6. The number of carboxylic acids is 6. The van der Waals surface area contributed by atoms with E-state index in [1.807, 2.05) is 0 Å². The van der Waals surface area contributed by atoms with Crippen molar-refractivity contribution in [3.05, 3.63) is 36.5 Å². The summed E-state index contributed by atoms with van der Waals surface area (Å²) in [4.78, 5) is 57.3.